The minimum atomic E-state index is -0.400. The lowest BCUT2D eigenvalue weighted by Crippen LogP contribution is -2.10. The Hall–Kier alpha value is -1.10. The second-order valence-corrected chi connectivity index (χ2v) is 6.05. The zero-order valence-corrected chi connectivity index (χ0v) is 13.1. The average molecular weight is 330 g/mol. The Bertz CT molecular complexity index is 435. The molecule has 1 aromatic carbocycles. The molecule has 1 unspecified atom stereocenters. The highest BCUT2D eigenvalue weighted by Gasteiger charge is 2.17. The molecular weight excluding hydrogens is 310 g/mol. The summed E-state index contributed by atoms with van der Waals surface area (Å²) in [6.45, 7) is 6.74. The van der Waals surface area contributed by atoms with Gasteiger partial charge in [0.1, 0.15) is 0 Å². The van der Waals surface area contributed by atoms with E-state index in [2.05, 4.69) is 29.8 Å². The van der Waals surface area contributed by atoms with Crippen LogP contribution in [0.25, 0.3) is 0 Å². The quantitative estimate of drug-likeness (QED) is 0.424. The Kier molecular flexibility index (Phi) is 6.28. The van der Waals surface area contributed by atoms with Crippen LogP contribution in [0.3, 0.4) is 0 Å². The van der Waals surface area contributed by atoms with Crippen molar-refractivity contribution in [1.82, 2.24) is 0 Å². The maximum Gasteiger partial charge on any atom is 0.310 e. The molecule has 106 valence electrons. The van der Waals surface area contributed by atoms with Crippen LogP contribution in [0.1, 0.15) is 32.8 Å². The lowest BCUT2D eigenvalue weighted by Gasteiger charge is -2.14. The van der Waals surface area contributed by atoms with Crippen molar-refractivity contribution in [3.05, 3.63) is 33.9 Å². The first-order valence-corrected chi connectivity index (χ1v) is 7.41. The van der Waals surface area contributed by atoms with Crippen LogP contribution in [-0.4, -0.2) is 16.4 Å². The second kappa shape index (κ2) is 7.48. The summed E-state index contributed by atoms with van der Waals surface area (Å²) in [6.07, 6.45) is 1.66. The molecule has 0 heterocycles. The third-order valence-corrected chi connectivity index (χ3v) is 4.22. The predicted molar refractivity (Wildman–Crippen MR) is 80.1 cm³/mol. The molecule has 0 aliphatic heterocycles. The van der Waals surface area contributed by atoms with Gasteiger partial charge in [0.15, 0.2) is 5.75 Å². The van der Waals surface area contributed by atoms with Crippen molar-refractivity contribution >= 4 is 21.6 Å². The van der Waals surface area contributed by atoms with E-state index in [0.29, 0.717) is 23.1 Å². The van der Waals surface area contributed by atoms with Crippen LogP contribution >= 0.6 is 15.9 Å². The van der Waals surface area contributed by atoms with Gasteiger partial charge in [0.05, 0.1) is 11.5 Å². The Labute approximate surface area is 122 Å². The van der Waals surface area contributed by atoms with Crippen LogP contribution in [0.4, 0.5) is 5.69 Å². The number of halogens is 1. The van der Waals surface area contributed by atoms with Crippen molar-refractivity contribution < 1.29 is 9.66 Å². The highest BCUT2D eigenvalue weighted by Crippen LogP contribution is 2.29. The molecule has 0 saturated carbocycles. The lowest BCUT2D eigenvalue weighted by atomic mass is 10.0. The number of benzene rings is 1. The lowest BCUT2D eigenvalue weighted by molar-refractivity contribution is -0.385. The molecule has 1 atom stereocenters. The monoisotopic (exact) mass is 329 g/mol. The Morgan fingerprint density at radius 1 is 1.42 bits per heavy atom. The third kappa shape index (κ3) is 4.82. The van der Waals surface area contributed by atoms with Gasteiger partial charge in [-0.3, -0.25) is 10.1 Å². The van der Waals surface area contributed by atoms with Crippen LogP contribution in [0.15, 0.2) is 18.2 Å². The molecule has 0 saturated heterocycles. The highest BCUT2D eigenvalue weighted by molar-refractivity contribution is 9.09. The first kappa shape index (κ1) is 16.0. The molecule has 1 rings (SSSR count). The number of nitro groups is 1. The van der Waals surface area contributed by atoms with Gasteiger partial charge in [0.25, 0.3) is 0 Å². The zero-order valence-electron chi connectivity index (χ0n) is 11.6. The molecule has 0 radical (unpaired) electrons. The summed E-state index contributed by atoms with van der Waals surface area (Å²) >= 11 is 3.63. The Morgan fingerprint density at radius 2 is 2.11 bits per heavy atom. The molecule has 0 bridgehead atoms. The van der Waals surface area contributed by atoms with Gasteiger partial charge in [-0.2, -0.15) is 0 Å². The first-order valence-electron chi connectivity index (χ1n) is 6.49. The summed E-state index contributed by atoms with van der Waals surface area (Å²) in [5.41, 5.74) is 1.08. The topological polar surface area (TPSA) is 52.4 Å². The van der Waals surface area contributed by atoms with Crippen LogP contribution < -0.4 is 4.74 Å². The van der Waals surface area contributed by atoms with Gasteiger partial charge in [-0.15, -0.1) is 0 Å². The van der Waals surface area contributed by atoms with Gasteiger partial charge >= 0.3 is 5.69 Å². The summed E-state index contributed by atoms with van der Waals surface area (Å²) < 4.78 is 5.47. The van der Waals surface area contributed by atoms with Crippen molar-refractivity contribution in [2.24, 2.45) is 5.92 Å². The van der Waals surface area contributed by atoms with Gasteiger partial charge in [-0.05, 0) is 30.4 Å². The molecule has 0 N–H and O–H groups in total. The minimum absolute atomic E-state index is 0.0351. The summed E-state index contributed by atoms with van der Waals surface area (Å²) in [7, 11) is 0. The third-order valence-electron chi connectivity index (χ3n) is 2.84. The van der Waals surface area contributed by atoms with Crippen molar-refractivity contribution in [2.45, 2.75) is 38.4 Å². The fraction of sp³-hybridized carbons (Fsp3) is 0.571. The Morgan fingerprint density at radius 3 is 2.63 bits per heavy atom. The summed E-state index contributed by atoms with van der Waals surface area (Å²) in [4.78, 5) is 10.9. The van der Waals surface area contributed by atoms with E-state index in [9.17, 15) is 10.1 Å². The van der Waals surface area contributed by atoms with E-state index >= 15 is 0 Å². The van der Waals surface area contributed by atoms with Gasteiger partial charge in [0, 0.05) is 10.9 Å². The number of rotatable bonds is 7. The highest BCUT2D eigenvalue weighted by atomic mass is 79.9. The normalized spacial score (nSPS) is 12.5. The van der Waals surface area contributed by atoms with Crippen molar-refractivity contribution in [1.29, 1.82) is 0 Å². The fourth-order valence-electron chi connectivity index (χ4n) is 1.62. The van der Waals surface area contributed by atoms with E-state index in [4.69, 9.17) is 4.74 Å². The van der Waals surface area contributed by atoms with Crippen LogP contribution in [0, 0.1) is 16.0 Å². The number of ether oxygens (including phenoxy) is 1. The maximum absolute atomic E-state index is 10.9. The van der Waals surface area contributed by atoms with Gasteiger partial charge in [-0.25, -0.2) is 0 Å². The molecule has 1 aromatic rings. The van der Waals surface area contributed by atoms with E-state index in [1.165, 1.54) is 6.07 Å². The Balaban J connectivity index is 2.93. The number of nitro benzene ring substituents is 1. The number of alkyl halides is 1. The smallest absolute Gasteiger partial charge is 0.310 e. The van der Waals surface area contributed by atoms with E-state index in [1.54, 1.807) is 12.1 Å². The van der Waals surface area contributed by atoms with Crippen molar-refractivity contribution in [3.8, 4) is 5.75 Å². The van der Waals surface area contributed by atoms with Gasteiger partial charge in [0.2, 0.25) is 0 Å². The average Bonchev–Trinajstić information content (AvgIpc) is 2.35. The van der Waals surface area contributed by atoms with Gasteiger partial charge in [-0.1, -0.05) is 42.8 Å². The summed E-state index contributed by atoms with van der Waals surface area (Å²) in [6, 6.07) is 5.11. The number of hydrogen-bond acceptors (Lipinski definition) is 3. The molecule has 19 heavy (non-hydrogen) atoms. The molecular formula is C14H20BrNO3. The first-order chi connectivity index (χ1) is 8.95. The minimum Gasteiger partial charge on any atom is -0.487 e. The SMILES string of the molecule is CCCOc1cc(CC(Br)C(C)C)ccc1[N+](=O)[O-]. The molecule has 4 nitrogen and oxygen atoms in total. The van der Waals surface area contributed by atoms with Crippen molar-refractivity contribution in [3.63, 3.8) is 0 Å². The van der Waals surface area contributed by atoms with Crippen LogP contribution in [-0.2, 0) is 6.42 Å². The van der Waals surface area contributed by atoms with Crippen molar-refractivity contribution in [2.75, 3.05) is 6.61 Å². The molecule has 0 fully saturated rings. The molecule has 0 aromatic heterocycles. The largest absolute Gasteiger partial charge is 0.487 e. The van der Waals surface area contributed by atoms with E-state index in [1.807, 2.05) is 6.92 Å². The second-order valence-electron chi connectivity index (χ2n) is 4.87. The summed E-state index contributed by atoms with van der Waals surface area (Å²) in [5.74, 6) is 0.878. The molecule has 0 aliphatic carbocycles. The van der Waals surface area contributed by atoms with Crippen LogP contribution in [0.5, 0.6) is 5.75 Å². The molecule has 0 aliphatic rings. The van der Waals surface area contributed by atoms with Gasteiger partial charge < -0.3 is 4.74 Å². The van der Waals surface area contributed by atoms with Crippen LogP contribution in [0.2, 0.25) is 0 Å². The number of hydrogen-bond donors (Lipinski definition) is 0. The maximum atomic E-state index is 10.9. The standard InChI is InChI=1S/C14H20BrNO3/c1-4-7-19-14-9-11(8-12(15)10(2)3)5-6-13(14)16(17)18/h5-6,9-10,12H,4,7-8H2,1-3H3. The number of nitrogens with zero attached hydrogens (tertiary/aromatic N) is 1. The van der Waals surface area contributed by atoms with E-state index in [-0.39, 0.29) is 5.69 Å². The molecule has 5 heteroatoms. The summed E-state index contributed by atoms with van der Waals surface area (Å²) in [5, 5.41) is 10.9. The van der Waals surface area contributed by atoms with E-state index < -0.39 is 4.92 Å². The molecule has 0 spiro atoms. The zero-order chi connectivity index (χ0) is 14.4. The molecule has 0 amide bonds. The predicted octanol–water partition coefficient (Wildman–Crippen LogP) is 4.35. The van der Waals surface area contributed by atoms with E-state index in [0.717, 1.165) is 18.4 Å². The fourth-order valence-corrected chi connectivity index (χ4v) is 2.00.